The summed E-state index contributed by atoms with van der Waals surface area (Å²) in [5.74, 6) is 1.06. The van der Waals surface area contributed by atoms with Gasteiger partial charge in [-0.15, -0.1) is 10.3 Å². The molecule has 3 nitrogen and oxygen atoms in total. The van der Waals surface area contributed by atoms with E-state index < -0.39 is 25.9 Å². The van der Waals surface area contributed by atoms with Crippen LogP contribution in [0.2, 0.25) is 0 Å². The van der Waals surface area contributed by atoms with E-state index in [1.807, 2.05) is 32.0 Å². The van der Waals surface area contributed by atoms with E-state index in [1.54, 1.807) is 0 Å². The van der Waals surface area contributed by atoms with Crippen molar-refractivity contribution in [3.8, 4) is 0 Å². The molecule has 23 heavy (non-hydrogen) atoms. The summed E-state index contributed by atoms with van der Waals surface area (Å²) in [4.78, 5) is 0. The molecule has 2 rings (SSSR count). The van der Waals surface area contributed by atoms with Gasteiger partial charge in [-0.05, 0) is 43.4 Å². The zero-order valence-electron chi connectivity index (χ0n) is 13.1. The van der Waals surface area contributed by atoms with Gasteiger partial charge in [0.2, 0.25) is 0 Å². The van der Waals surface area contributed by atoms with Gasteiger partial charge in [-0.2, -0.15) is 21.6 Å². The second-order valence-corrected chi connectivity index (χ2v) is 10.9. The highest BCUT2D eigenvalue weighted by molar-refractivity contribution is 8.32. The molecule has 0 spiro atoms. The van der Waals surface area contributed by atoms with E-state index in [-0.39, 0.29) is 5.75 Å². The Bertz CT molecular complexity index is 643. The molecule has 1 aromatic rings. The van der Waals surface area contributed by atoms with Crippen LogP contribution in [0, 0.1) is 13.8 Å². The molecule has 1 aliphatic heterocycles. The first kappa shape index (κ1) is 18.6. The van der Waals surface area contributed by atoms with Gasteiger partial charge in [-0.25, -0.2) is 3.63 Å². The molecule has 8 heteroatoms. The van der Waals surface area contributed by atoms with E-state index in [0.717, 1.165) is 23.1 Å². The molecule has 0 amide bonds. The van der Waals surface area contributed by atoms with Crippen molar-refractivity contribution in [1.82, 2.24) is 0 Å². The normalized spacial score (nSPS) is 20.2. The van der Waals surface area contributed by atoms with Crippen molar-refractivity contribution in [2.24, 2.45) is 0 Å². The maximum Gasteiger partial charge on any atom is 0.523 e. The Morgan fingerprint density at radius 3 is 2.09 bits per heavy atom. The highest BCUT2D eigenvalue weighted by Crippen LogP contribution is 2.58. The Kier molecular flexibility index (Phi) is 5.37. The Morgan fingerprint density at radius 1 is 1.09 bits per heavy atom. The first-order chi connectivity index (χ1) is 10.6. The first-order valence-corrected chi connectivity index (χ1v) is 10.9. The lowest BCUT2D eigenvalue weighted by molar-refractivity contribution is -0.0496. The quantitative estimate of drug-likeness (QED) is 0.729. The summed E-state index contributed by atoms with van der Waals surface area (Å²) in [5, 5.41) is 0. The Labute approximate surface area is 136 Å². The molecule has 1 aliphatic rings. The minimum Gasteiger partial charge on any atom is -0.213 e. The SMILES string of the molecule is Cc1cccc(C)c1CS1(OS(=O)(=O)C(F)(F)F)CCCCC1. The van der Waals surface area contributed by atoms with Crippen molar-refractivity contribution < 1.29 is 25.2 Å². The fraction of sp³-hybridized carbons (Fsp3) is 0.600. The molecule has 1 heterocycles. The molecular weight excluding hydrogens is 349 g/mol. The number of alkyl halides is 3. The molecular formula is C15H21F3O3S2. The monoisotopic (exact) mass is 370 g/mol. The Balaban J connectivity index is 2.37. The van der Waals surface area contributed by atoms with Gasteiger partial charge in [-0.1, -0.05) is 24.6 Å². The zero-order chi connectivity index (χ0) is 17.3. The summed E-state index contributed by atoms with van der Waals surface area (Å²) < 4.78 is 66.3. The smallest absolute Gasteiger partial charge is 0.213 e. The highest BCUT2D eigenvalue weighted by Gasteiger charge is 2.51. The van der Waals surface area contributed by atoms with E-state index in [1.165, 1.54) is 0 Å². The van der Waals surface area contributed by atoms with Gasteiger partial charge in [-0.3, -0.25) is 0 Å². The topological polar surface area (TPSA) is 43.4 Å². The molecule has 0 radical (unpaired) electrons. The largest absolute Gasteiger partial charge is 0.523 e. The molecule has 0 bridgehead atoms. The molecule has 0 atom stereocenters. The van der Waals surface area contributed by atoms with Crippen LogP contribution in [0.3, 0.4) is 0 Å². The second kappa shape index (κ2) is 6.64. The Morgan fingerprint density at radius 2 is 1.61 bits per heavy atom. The molecule has 0 aliphatic carbocycles. The van der Waals surface area contributed by atoms with Crippen LogP contribution in [-0.4, -0.2) is 25.4 Å². The van der Waals surface area contributed by atoms with Crippen LogP contribution in [-0.2, 0) is 19.5 Å². The third-order valence-electron chi connectivity index (χ3n) is 4.10. The van der Waals surface area contributed by atoms with Crippen molar-refractivity contribution in [1.29, 1.82) is 0 Å². The maximum atomic E-state index is 12.8. The summed E-state index contributed by atoms with van der Waals surface area (Å²) in [6.45, 7) is 3.77. The minimum atomic E-state index is -5.56. The lowest BCUT2D eigenvalue weighted by Gasteiger charge is -2.42. The molecule has 1 fully saturated rings. The molecule has 1 aromatic carbocycles. The number of aryl methyl sites for hydroxylation is 2. The lowest BCUT2D eigenvalue weighted by Crippen LogP contribution is -2.31. The maximum absolute atomic E-state index is 12.8. The van der Waals surface area contributed by atoms with Crippen molar-refractivity contribution in [2.75, 3.05) is 11.5 Å². The fourth-order valence-corrected chi connectivity index (χ4v) is 8.31. The van der Waals surface area contributed by atoms with Crippen molar-refractivity contribution in [3.63, 3.8) is 0 Å². The molecule has 132 valence electrons. The van der Waals surface area contributed by atoms with E-state index >= 15 is 0 Å². The predicted octanol–water partition coefficient (Wildman–Crippen LogP) is 4.57. The van der Waals surface area contributed by atoms with Gasteiger partial charge in [0, 0.05) is 17.3 Å². The first-order valence-electron chi connectivity index (χ1n) is 7.40. The summed E-state index contributed by atoms with van der Waals surface area (Å²) in [7, 11) is -7.91. The van der Waals surface area contributed by atoms with Gasteiger partial charge < -0.3 is 0 Å². The average molecular weight is 370 g/mol. The summed E-state index contributed by atoms with van der Waals surface area (Å²) in [6.07, 6.45) is 2.30. The van der Waals surface area contributed by atoms with E-state index in [0.29, 0.717) is 24.3 Å². The number of hydrogen-bond donors (Lipinski definition) is 0. The standard InChI is InChI=1S/C15H21F3O3S2/c1-12-7-6-8-13(2)14(12)11-22(9-4-3-5-10-22)21-23(19,20)15(16,17)18/h6-8H,3-5,9-11H2,1-2H3. The van der Waals surface area contributed by atoms with Gasteiger partial charge in [0.1, 0.15) is 0 Å². The fourth-order valence-electron chi connectivity index (χ4n) is 2.81. The van der Waals surface area contributed by atoms with Crippen LogP contribution in [0.15, 0.2) is 18.2 Å². The van der Waals surface area contributed by atoms with Crippen molar-refractivity contribution >= 4 is 20.4 Å². The summed E-state index contributed by atoms with van der Waals surface area (Å²) in [5.41, 5.74) is -2.56. The van der Waals surface area contributed by atoms with E-state index in [2.05, 4.69) is 0 Å². The predicted molar refractivity (Wildman–Crippen MR) is 86.9 cm³/mol. The summed E-state index contributed by atoms with van der Waals surface area (Å²) >= 11 is 0. The average Bonchev–Trinajstić information content (AvgIpc) is 2.42. The van der Waals surface area contributed by atoms with Crippen LogP contribution in [0.5, 0.6) is 0 Å². The summed E-state index contributed by atoms with van der Waals surface area (Å²) in [6, 6.07) is 5.65. The highest BCUT2D eigenvalue weighted by atomic mass is 32.3. The third kappa shape index (κ3) is 4.22. The number of benzene rings is 1. The Hall–Kier alpha value is -0.730. The van der Waals surface area contributed by atoms with E-state index in [9.17, 15) is 21.6 Å². The van der Waals surface area contributed by atoms with Gasteiger partial charge in [0.15, 0.2) is 0 Å². The van der Waals surface area contributed by atoms with Gasteiger partial charge in [0.05, 0.1) is 0 Å². The minimum absolute atomic E-state index is 0.265. The van der Waals surface area contributed by atoms with Crippen LogP contribution < -0.4 is 0 Å². The van der Waals surface area contributed by atoms with Gasteiger partial charge >= 0.3 is 15.6 Å². The molecule has 0 unspecified atom stereocenters. The zero-order valence-corrected chi connectivity index (χ0v) is 14.8. The van der Waals surface area contributed by atoms with Crippen LogP contribution >= 0.6 is 10.3 Å². The van der Waals surface area contributed by atoms with E-state index in [4.69, 9.17) is 3.63 Å². The molecule has 0 aromatic heterocycles. The van der Waals surface area contributed by atoms with Gasteiger partial charge in [0.25, 0.3) is 0 Å². The van der Waals surface area contributed by atoms with Crippen LogP contribution in [0.4, 0.5) is 13.2 Å². The molecule has 0 N–H and O–H groups in total. The van der Waals surface area contributed by atoms with Crippen molar-refractivity contribution in [2.45, 2.75) is 44.4 Å². The second-order valence-electron chi connectivity index (χ2n) is 5.92. The molecule has 1 saturated heterocycles. The van der Waals surface area contributed by atoms with Crippen LogP contribution in [0.1, 0.15) is 36.0 Å². The third-order valence-corrected chi connectivity index (χ3v) is 9.42. The van der Waals surface area contributed by atoms with Crippen LogP contribution in [0.25, 0.3) is 0 Å². The molecule has 0 saturated carbocycles. The number of hydrogen-bond acceptors (Lipinski definition) is 3. The number of rotatable bonds is 4. The number of halogens is 3. The lowest BCUT2D eigenvalue weighted by atomic mass is 10.1. The van der Waals surface area contributed by atoms with Crippen molar-refractivity contribution in [3.05, 3.63) is 34.9 Å².